The van der Waals surface area contributed by atoms with Gasteiger partial charge in [0.25, 0.3) is 5.17 Å². The molecule has 24 heavy (non-hydrogen) atoms. The van der Waals surface area contributed by atoms with Crippen LogP contribution < -0.4 is 9.80 Å². The van der Waals surface area contributed by atoms with Crippen LogP contribution in [0.15, 0.2) is 30.3 Å². The quantitative estimate of drug-likeness (QED) is 0.652. The number of benzene rings is 2. The third kappa shape index (κ3) is 3.83. The highest BCUT2D eigenvalue weighted by molar-refractivity contribution is 7.80. The maximum Gasteiger partial charge on any atom is 0.288 e. The summed E-state index contributed by atoms with van der Waals surface area (Å²) in [6, 6.07) is 8.27. The van der Waals surface area contributed by atoms with E-state index < -0.39 is 5.82 Å². The first-order valence-corrected chi connectivity index (χ1v) is 7.81. The maximum atomic E-state index is 14.2. The van der Waals surface area contributed by atoms with Gasteiger partial charge in [-0.3, -0.25) is 5.21 Å². The molecule has 2 aromatic carbocycles. The summed E-state index contributed by atoms with van der Waals surface area (Å²) in [6.07, 6.45) is 0. The van der Waals surface area contributed by atoms with Gasteiger partial charge in [0.05, 0.1) is 18.4 Å². The van der Waals surface area contributed by atoms with Gasteiger partial charge in [0, 0.05) is 0 Å². The average Bonchev–Trinajstić information content (AvgIpc) is 2.56. The number of ether oxygens (including phenoxy) is 2. The second kappa shape index (κ2) is 7.59. The van der Waals surface area contributed by atoms with Gasteiger partial charge in [0.2, 0.25) is 0 Å². The third-order valence-electron chi connectivity index (χ3n) is 3.83. The molecule has 0 atom stereocenters. The Kier molecular flexibility index (Phi) is 5.75. The van der Waals surface area contributed by atoms with E-state index in [1.54, 1.807) is 6.07 Å². The molecular formula is C18H20FNO3S. The summed E-state index contributed by atoms with van der Waals surface area (Å²) in [6.45, 7) is 5.90. The van der Waals surface area contributed by atoms with Crippen LogP contribution in [-0.2, 0) is 11.3 Å². The lowest BCUT2D eigenvalue weighted by molar-refractivity contribution is 0.262. The lowest BCUT2D eigenvalue weighted by Crippen LogP contribution is -2.28. The first-order valence-electron chi connectivity index (χ1n) is 7.40. The molecule has 0 amide bonds. The van der Waals surface area contributed by atoms with Crippen molar-refractivity contribution in [1.82, 2.24) is 0 Å². The molecule has 128 valence electrons. The number of hydrogen-bond donors (Lipinski definition) is 1. The van der Waals surface area contributed by atoms with Crippen molar-refractivity contribution in [1.29, 1.82) is 0 Å². The topological polar surface area (TPSA) is 41.9 Å². The van der Waals surface area contributed by atoms with Crippen LogP contribution in [0.25, 0.3) is 0 Å². The molecule has 0 heterocycles. The van der Waals surface area contributed by atoms with Gasteiger partial charge >= 0.3 is 0 Å². The standard InChI is InChI=1S/C18H20FNO3S/c1-11-8-13(3)17(9-12(11)2)23-10-14-15(19)6-5-7-16(14)20(21)18(24)22-4/h5-9,21H,10H2,1-4H3. The molecule has 0 unspecified atom stereocenters. The normalized spacial score (nSPS) is 10.4. The molecule has 0 aromatic heterocycles. The highest BCUT2D eigenvalue weighted by Crippen LogP contribution is 2.27. The second-order valence-corrected chi connectivity index (χ2v) is 5.86. The number of nitrogens with zero attached hydrogens (tertiary/aromatic N) is 1. The SMILES string of the molecule is COC(=S)N(O)c1cccc(F)c1COc1cc(C)c(C)cc1C. The van der Waals surface area contributed by atoms with E-state index >= 15 is 0 Å². The van der Waals surface area contributed by atoms with Crippen LogP contribution in [0.1, 0.15) is 22.3 Å². The zero-order valence-corrected chi connectivity index (χ0v) is 14.9. The van der Waals surface area contributed by atoms with Gasteiger partial charge in [-0.2, -0.15) is 5.06 Å². The Labute approximate surface area is 146 Å². The van der Waals surface area contributed by atoms with Crippen LogP contribution in [0.2, 0.25) is 0 Å². The van der Waals surface area contributed by atoms with Crippen LogP contribution in [0.5, 0.6) is 5.75 Å². The summed E-state index contributed by atoms with van der Waals surface area (Å²) in [7, 11) is 1.33. The molecule has 0 aliphatic carbocycles. The van der Waals surface area contributed by atoms with E-state index in [4.69, 9.17) is 21.7 Å². The van der Waals surface area contributed by atoms with E-state index in [0.29, 0.717) is 10.8 Å². The van der Waals surface area contributed by atoms with Crippen LogP contribution in [0.4, 0.5) is 10.1 Å². The Bertz CT molecular complexity index is 764. The minimum Gasteiger partial charge on any atom is -0.488 e. The molecule has 0 fully saturated rings. The number of aryl methyl sites for hydroxylation is 3. The van der Waals surface area contributed by atoms with Crippen molar-refractivity contribution in [2.24, 2.45) is 0 Å². The second-order valence-electron chi connectivity index (χ2n) is 5.51. The number of methoxy groups -OCH3 is 1. The molecule has 0 radical (unpaired) electrons. The Morgan fingerprint density at radius 3 is 2.50 bits per heavy atom. The Balaban J connectivity index is 2.30. The van der Waals surface area contributed by atoms with Gasteiger partial charge in [0.15, 0.2) is 0 Å². The van der Waals surface area contributed by atoms with Crippen molar-refractivity contribution < 1.29 is 19.1 Å². The molecule has 0 bridgehead atoms. The van der Waals surface area contributed by atoms with Crippen LogP contribution >= 0.6 is 12.2 Å². The van der Waals surface area contributed by atoms with E-state index in [2.05, 4.69) is 0 Å². The van der Waals surface area contributed by atoms with E-state index in [1.807, 2.05) is 32.9 Å². The zero-order valence-electron chi connectivity index (χ0n) is 14.1. The molecule has 0 saturated carbocycles. The molecule has 0 spiro atoms. The lowest BCUT2D eigenvalue weighted by atomic mass is 10.1. The fourth-order valence-electron chi connectivity index (χ4n) is 2.31. The first-order chi connectivity index (χ1) is 11.3. The van der Waals surface area contributed by atoms with Gasteiger partial charge < -0.3 is 9.47 Å². The molecule has 0 aliphatic heterocycles. The highest BCUT2D eigenvalue weighted by atomic mass is 32.1. The van der Waals surface area contributed by atoms with Crippen molar-refractivity contribution in [3.63, 3.8) is 0 Å². The summed E-state index contributed by atoms with van der Waals surface area (Å²) in [4.78, 5) is 0. The van der Waals surface area contributed by atoms with Gasteiger partial charge in [-0.15, -0.1) is 0 Å². The van der Waals surface area contributed by atoms with Crippen LogP contribution in [0, 0.1) is 26.6 Å². The summed E-state index contributed by atoms with van der Waals surface area (Å²) in [5.41, 5.74) is 3.59. The van der Waals surface area contributed by atoms with Gasteiger partial charge in [-0.25, -0.2) is 4.39 Å². The Hall–Kier alpha value is -2.18. The highest BCUT2D eigenvalue weighted by Gasteiger charge is 2.18. The number of hydroxylamine groups is 1. The summed E-state index contributed by atoms with van der Waals surface area (Å²) in [5.74, 6) is 0.179. The zero-order chi connectivity index (χ0) is 17.9. The number of rotatable bonds is 4. The first kappa shape index (κ1) is 18.2. The number of anilines is 1. The van der Waals surface area contributed by atoms with Gasteiger partial charge in [0.1, 0.15) is 18.2 Å². The molecule has 6 heteroatoms. The summed E-state index contributed by atoms with van der Waals surface area (Å²) < 4.78 is 24.8. The number of hydrogen-bond acceptors (Lipinski definition) is 4. The average molecular weight is 349 g/mol. The van der Waals surface area contributed by atoms with Crippen molar-refractivity contribution in [2.75, 3.05) is 12.2 Å². The van der Waals surface area contributed by atoms with Crippen molar-refractivity contribution in [3.05, 3.63) is 58.4 Å². The van der Waals surface area contributed by atoms with E-state index in [9.17, 15) is 9.60 Å². The Morgan fingerprint density at radius 2 is 1.83 bits per heavy atom. The molecule has 2 aromatic rings. The predicted octanol–water partition coefficient (Wildman–Crippen LogP) is 4.46. The molecule has 0 aliphatic rings. The monoisotopic (exact) mass is 349 g/mol. The van der Waals surface area contributed by atoms with Crippen molar-refractivity contribution in [3.8, 4) is 5.75 Å². The largest absolute Gasteiger partial charge is 0.488 e. The minimum absolute atomic E-state index is 0.0469. The third-order valence-corrected chi connectivity index (χ3v) is 4.17. The van der Waals surface area contributed by atoms with E-state index in [-0.39, 0.29) is 23.0 Å². The van der Waals surface area contributed by atoms with Crippen LogP contribution in [-0.4, -0.2) is 17.5 Å². The predicted molar refractivity (Wildman–Crippen MR) is 95.3 cm³/mol. The lowest BCUT2D eigenvalue weighted by Gasteiger charge is -2.20. The van der Waals surface area contributed by atoms with Gasteiger partial charge in [-0.1, -0.05) is 12.1 Å². The molecule has 0 saturated heterocycles. The summed E-state index contributed by atoms with van der Waals surface area (Å²) >= 11 is 4.88. The van der Waals surface area contributed by atoms with Gasteiger partial charge in [-0.05, 0) is 67.9 Å². The fourth-order valence-corrected chi connectivity index (χ4v) is 2.41. The maximum absolute atomic E-state index is 14.2. The smallest absolute Gasteiger partial charge is 0.288 e. The molecule has 1 N–H and O–H groups in total. The van der Waals surface area contributed by atoms with E-state index in [1.165, 1.54) is 24.8 Å². The summed E-state index contributed by atoms with van der Waals surface area (Å²) in [5, 5.41) is 10.5. The fraction of sp³-hybridized carbons (Fsp3) is 0.278. The van der Waals surface area contributed by atoms with Crippen molar-refractivity contribution >= 4 is 23.1 Å². The number of thiocarbonyl (C=S) groups is 1. The van der Waals surface area contributed by atoms with Crippen LogP contribution in [0.3, 0.4) is 0 Å². The van der Waals surface area contributed by atoms with E-state index in [0.717, 1.165) is 11.1 Å². The minimum atomic E-state index is -0.494. The number of halogens is 1. The Morgan fingerprint density at radius 1 is 1.17 bits per heavy atom. The molecule has 4 nitrogen and oxygen atoms in total. The van der Waals surface area contributed by atoms with Crippen molar-refractivity contribution in [2.45, 2.75) is 27.4 Å². The molecular weight excluding hydrogens is 329 g/mol. The molecule has 2 rings (SSSR count).